The second-order valence-electron chi connectivity index (χ2n) is 10.5. The van der Waals surface area contributed by atoms with Crippen LogP contribution in [0.15, 0.2) is 42.5 Å². The number of ether oxygens (including phenoxy) is 3. The van der Waals surface area contributed by atoms with Crippen LogP contribution in [0.3, 0.4) is 0 Å². The average molecular weight is 524 g/mol. The zero-order valence-corrected chi connectivity index (χ0v) is 22.9. The van der Waals surface area contributed by atoms with Crippen LogP contribution in [-0.4, -0.2) is 48.2 Å². The van der Waals surface area contributed by atoms with E-state index in [9.17, 15) is 14.7 Å². The summed E-state index contributed by atoms with van der Waals surface area (Å²) in [4.78, 5) is 27.5. The summed E-state index contributed by atoms with van der Waals surface area (Å²) in [6.07, 6.45) is 4.17. The largest absolute Gasteiger partial charge is 0.493 e. The van der Waals surface area contributed by atoms with E-state index in [0.29, 0.717) is 51.7 Å². The molecule has 1 N–H and O–H groups in total. The van der Waals surface area contributed by atoms with Gasteiger partial charge in [0.25, 0.3) is 0 Å². The minimum absolute atomic E-state index is 0.00213. The maximum atomic E-state index is 13.7. The molecule has 0 saturated heterocycles. The highest BCUT2D eigenvalue weighted by molar-refractivity contribution is 5.86. The fourth-order valence-electron chi connectivity index (χ4n) is 5.29. The predicted octanol–water partition coefficient (Wildman–Crippen LogP) is 6.11. The molecule has 1 atom stereocenters. The van der Waals surface area contributed by atoms with E-state index in [4.69, 9.17) is 14.2 Å². The van der Waals surface area contributed by atoms with Crippen LogP contribution in [0, 0.1) is 5.41 Å². The third-order valence-electron chi connectivity index (χ3n) is 7.82. The van der Waals surface area contributed by atoms with Gasteiger partial charge in [0.15, 0.2) is 0 Å². The van der Waals surface area contributed by atoms with Gasteiger partial charge in [0.05, 0.1) is 37.9 Å². The second-order valence-corrected chi connectivity index (χ2v) is 10.5. The number of carboxylic acids is 1. The zero-order chi connectivity index (χ0) is 27.1. The Morgan fingerprint density at radius 3 is 2.18 bits per heavy atom. The third kappa shape index (κ3) is 6.49. The lowest BCUT2D eigenvalue weighted by molar-refractivity contribution is -0.160. The molecule has 2 fully saturated rings. The Morgan fingerprint density at radius 2 is 1.68 bits per heavy atom. The molecule has 1 unspecified atom stereocenters. The average Bonchev–Trinajstić information content (AvgIpc) is 3.71. The molecular formula is C31H41NO6. The second kappa shape index (κ2) is 12.7. The van der Waals surface area contributed by atoms with Crippen molar-refractivity contribution in [3.63, 3.8) is 0 Å². The SMILES string of the molecule is CCOc1cc(C(C)N(CCOCc2ccccc2)C(=O)CC2(C(=O)O)CCC2)cc(OCC)c1C1CC1. The third-order valence-corrected chi connectivity index (χ3v) is 7.82. The van der Waals surface area contributed by atoms with Gasteiger partial charge in [0.1, 0.15) is 11.5 Å². The van der Waals surface area contributed by atoms with Crippen molar-refractivity contribution < 1.29 is 28.9 Å². The topological polar surface area (TPSA) is 85.3 Å². The summed E-state index contributed by atoms with van der Waals surface area (Å²) in [5, 5.41) is 9.86. The van der Waals surface area contributed by atoms with Crippen molar-refractivity contribution >= 4 is 11.9 Å². The van der Waals surface area contributed by atoms with E-state index in [1.165, 1.54) is 0 Å². The van der Waals surface area contributed by atoms with Gasteiger partial charge in [-0.1, -0.05) is 36.8 Å². The molecule has 2 saturated carbocycles. The van der Waals surface area contributed by atoms with E-state index < -0.39 is 11.4 Å². The van der Waals surface area contributed by atoms with Crippen molar-refractivity contribution in [1.82, 2.24) is 4.90 Å². The van der Waals surface area contributed by atoms with E-state index in [1.807, 2.05) is 63.2 Å². The highest BCUT2D eigenvalue weighted by Crippen LogP contribution is 2.50. The fraction of sp³-hybridized carbons (Fsp3) is 0.548. The smallest absolute Gasteiger partial charge is 0.310 e. The Labute approximate surface area is 226 Å². The summed E-state index contributed by atoms with van der Waals surface area (Å²) in [5.74, 6) is 1.04. The van der Waals surface area contributed by atoms with Crippen molar-refractivity contribution in [2.45, 2.75) is 77.9 Å². The molecule has 2 aromatic rings. The number of hydrogen-bond acceptors (Lipinski definition) is 5. The Balaban J connectivity index is 1.57. The molecular weight excluding hydrogens is 482 g/mol. The quantitative estimate of drug-likeness (QED) is 0.283. The summed E-state index contributed by atoms with van der Waals surface area (Å²) < 4.78 is 18.0. The fourth-order valence-corrected chi connectivity index (χ4v) is 5.29. The number of carbonyl (C=O) groups excluding carboxylic acids is 1. The van der Waals surface area contributed by atoms with Crippen LogP contribution in [0.5, 0.6) is 11.5 Å². The van der Waals surface area contributed by atoms with Gasteiger partial charge >= 0.3 is 5.97 Å². The molecule has 2 aliphatic carbocycles. The van der Waals surface area contributed by atoms with E-state index in [-0.39, 0.29) is 18.4 Å². The van der Waals surface area contributed by atoms with Crippen molar-refractivity contribution in [1.29, 1.82) is 0 Å². The first-order valence-electron chi connectivity index (χ1n) is 14.0. The summed E-state index contributed by atoms with van der Waals surface area (Å²) in [7, 11) is 0. The lowest BCUT2D eigenvalue weighted by Crippen LogP contribution is -2.45. The number of carboxylic acid groups (broad SMARTS) is 1. The standard InChI is InChI=1S/C31H41NO6/c1-4-37-26-18-25(19-27(38-5-2)29(26)24-12-13-24)22(3)32(16-17-36-21-23-10-7-6-8-11-23)28(33)20-31(30(34)35)14-9-15-31/h6-8,10-11,18-19,22,24H,4-5,9,12-17,20-21H2,1-3H3,(H,34,35). The van der Waals surface area contributed by atoms with Gasteiger partial charge in [0, 0.05) is 18.5 Å². The maximum Gasteiger partial charge on any atom is 0.310 e. The van der Waals surface area contributed by atoms with Crippen LogP contribution in [0.25, 0.3) is 0 Å². The number of carbonyl (C=O) groups is 2. The minimum Gasteiger partial charge on any atom is -0.493 e. The maximum absolute atomic E-state index is 13.7. The van der Waals surface area contributed by atoms with Crippen molar-refractivity contribution in [2.24, 2.45) is 5.41 Å². The summed E-state index contributed by atoms with van der Waals surface area (Å²) >= 11 is 0. The Hall–Kier alpha value is -3.06. The van der Waals surface area contributed by atoms with E-state index in [1.54, 1.807) is 4.90 Å². The number of rotatable bonds is 15. The van der Waals surface area contributed by atoms with Gasteiger partial charge in [-0.15, -0.1) is 0 Å². The molecule has 0 bridgehead atoms. The Bertz CT molecular complexity index is 1070. The highest BCUT2D eigenvalue weighted by atomic mass is 16.5. The van der Waals surface area contributed by atoms with Crippen LogP contribution in [0.1, 0.15) is 87.9 Å². The van der Waals surface area contributed by atoms with E-state index in [0.717, 1.165) is 47.5 Å². The number of nitrogens with zero attached hydrogens (tertiary/aromatic N) is 1. The van der Waals surface area contributed by atoms with Gasteiger partial charge in [-0.25, -0.2) is 0 Å². The van der Waals surface area contributed by atoms with E-state index in [2.05, 4.69) is 0 Å². The molecule has 0 aromatic heterocycles. The molecule has 0 aliphatic heterocycles. The molecule has 7 nitrogen and oxygen atoms in total. The minimum atomic E-state index is -0.956. The number of aliphatic carboxylic acids is 1. The van der Waals surface area contributed by atoms with Crippen LogP contribution >= 0.6 is 0 Å². The summed E-state index contributed by atoms with van der Waals surface area (Å²) in [6, 6.07) is 13.7. The molecule has 206 valence electrons. The first kappa shape index (κ1) is 28.0. The van der Waals surface area contributed by atoms with Crippen LogP contribution in [0.4, 0.5) is 0 Å². The van der Waals surface area contributed by atoms with Crippen molar-refractivity contribution in [3.8, 4) is 11.5 Å². The molecule has 2 aromatic carbocycles. The first-order chi connectivity index (χ1) is 18.4. The van der Waals surface area contributed by atoms with Gasteiger partial charge in [-0.05, 0) is 75.6 Å². The Morgan fingerprint density at radius 1 is 1.05 bits per heavy atom. The Kier molecular flexibility index (Phi) is 9.31. The first-order valence-corrected chi connectivity index (χ1v) is 14.0. The molecule has 4 rings (SSSR count). The zero-order valence-electron chi connectivity index (χ0n) is 22.9. The van der Waals surface area contributed by atoms with Gasteiger partial charge in [-0.3, -0.25) is 9.59 Å². The predicted molar refractivity (Wildman–Crippen MR) is 146 cm³/mol. The van der Waals surface area contributed by atoms with Crippen molar-refractivity contribution in [2.75, 3.05) is 26.4 Å². The molecule has 2 aliphatic rings. The molecule has 1 amide bonds. The molecule has 0 radical (unpaired) electrons. The lowest BCUT2D eigenvalue weighted by atomic mass is 9.66. The highest BCUT2D eigenvalue weighted by Gasteiger charge is 2.47. The lowest BCUT2D eigenvalue weighted by Gasteiger charge is -2.39. The van der Waals surface area contributed by atoms with Crippen LogP contribution in [0.2, 0.25) is 0 Å². The molecule has 0 heterocycles. The summed E-state index contributed by atoms with van der Waals surface area (Å²) in [5.41, 5.74) is 2.14. The van der Waals surface area contributed by atoms with Crippen LogP contribution in [-0.2, 0) is 20.9 Å². The molecule has 38 heavy (non-hydrogen) atoms. The van der Waals surface area contributed by atoms with E-state index >= 15 is 0 Å². The normalized spacial score (nSPS) is 16.8. The number of benzene rings is 2. The van der Waals surface area contributed by atoms with Crippen molar-refractivity contribution in [3.05, 3.63) is 59.2 Å². The number of hydrogen-bond donors (Lipinski definition) is 1. The summed E-state index contributed by atoms with van der Waals surface area (Å²) in [6.45, 7) is 8.17. The van der Waals surface area contributed by atoms with Crippen LogP contribution < -0.4 is 9.47 Å². The molecule has 7 heteroatoms. The van der Waals surface area contributed by atoms with Gasteiger partial charge in [0.2, 0.25) is 5.91 Å². The van der Waals surface area contributed by atoms with Gasteiger partial charge in [-0.2, -0.15) is 0 Å². The monoisotopic (exact) mass is 523 g/mol. The molecule has 0 spiro atoms. The van der Waals surface area contributed by atoms with Gasteiger partial charge < -0.3 is 24.2 Å². The number of amides is 1.